The predicted molar refractivity (Wildman–Crippen MR) is 112 cm³/mol. The van der Waals surface area contributed by atoms with Gasteiger partial charge in [-0.25, -0.2) is 9.97 Å². The summed E-state index contributed by atoms with van der Waals surface area (Å²) < 4.78 is 0. The molecule has 0 saturated carbocycles. The third-order valence-corrected chi connectivity index (χ3v) is 5.06. The van der Waals surface area contributed by atoms with E-state index in [4.69, 9.17) is 34.8 Å². The molecule has 0 saturated heterocycles. The van der Waals surface area contributed by atoms with E-state index in [0.29, 0.717) is 26.9 Å². The van der Waals surface area contributed by atoms with Crippen LogP contribution < -0.4 is 5.32 Å². The summed E-state index contributed by atoms with van der Waals surface area (Å²) in [5, 5.41) is 24.4. The van der Waals surface area contributed by atoms with Crippen LogP contribution >= 0.6 is 34.8 Å². The third-order valence-electron chi connectivity index (χ3n) is 4.20. The fraction of sp³-hybridized carbons (Fsp3) is 0.105. The minimum atomic E-state index is -0.664. The van der Waals surface area contributed by atoms with Crippen molar-refractivity contribution in [2.24, 2.45) is 0 Å². The van der Waals surface area contributed by atoms with Crippen molar-refractivity contribution in [2.45, 2.75) is 12.8 Å². The minimum absolute atomic E-state index is 0.0588. The average Bonchev–Trinajstić information content (AvgIpc) is 2.67. The number of nitriles is 1. The number of aromatic nitrogens is 2. The van der Waals surface area contributed by atoms with Crippen LogP contribution in [0.1, 0.15) is 22.6 Å². The van der Waals surface area contributed by atoms with Crippen LogP contribution in [-0.2, 0) is 0 Å². The Kier molecular flexibility index (Phi) is 6.18. The van der Waals surface area contributed by atoms with Crippen molar-refractivity contribution in [3.05, 3.63) is 84.7 Å². The van der Waals surface area contributed by atoms with Gasteiger partial charge in [0.1, 0.15) is 6.33 Å². The molecule has 7 nitrogen and oxygen atoms in total. The van der Waals surface area contributed by atoms with Crippen LogP contribution in [0.25, 0.3) is 0 Å². The second-order valence-electron chi connectivity index (χ2n) is 6.05. The first-order valence-electron chi connectivity index (χ1n) is 8.19. The molecule has 2 aromatic carbocycles. The van der Waals surface area contributed by atoms with Gasteiger partial charge in [0.2, 0.25) is 11.0 Å². The standard InChI is InChI=1S/C19H12Cl3N5O2/c1-10-6-13(14(8-23)11-2-4-12(20)5-3-11)15(21)7-16(10)26-19-17(27(28)29)18(22)24-9-25-19/h2-7,9,14H,1H3,(H,24,25,26). The van der Waals surface area contributed by atoms with Crippen molar-refractivity contribution in [2.75, 3.05) is 5.32 Å². The van der Waals surface area contributed by atoms with Crippen molar-refractivity contribution >= 4 is 52.0 Å². The summed E-state index contributed by atoms with van der Waals surface area (Å²) in [6.45, 7) is 1.78. The predicted octanol–water partition coefficient (Wildman–Crippen LogP) is 6.05. The molecule has 29 heavy (non-hydrogen) atoms. The van der Waals surface area contributed by atoms with E-state index in [1.54, 1.807) is 43.3 Å². The number of nitro groups is 1. The zero-order valence-corrected chi connectivity index (χ0v) is 17.1. The molecule has 0 aliphatic heterocycles. The van der Waals surface area contributed by atoms with Crippen LogP contribution in [0.2, 0.25) is 15.2 Å². The summed E-state index contributed by atoms with van der Waals surface area (Å²) >= 11 is 18.2. The van der Waals surface area contributed by atoms with Gasteiger partial charge in [0.05, 0.1) is 16.9 Å². The van der Waals surface area contributed by atoms with E-state index < -0.39 is 16.5 Å². The third kappa shape index (κ3) is 4.40. The molecule has 1 heterocycles. The first-order chi connectivity index (χ1) is 13.8. The van der Waals surface area contributed by atoms with Gasteiger partial charge in [-0.15, -0.1) is 0 Å². The molecule has 0 aliphatic rings. The molecule has 0 spiro atoms. The van der Waals surface area contributed by atoms with Crippen molar-refractivity contribution in [1.29, 1.82) is 5.26 Å². The van der Waals surface area contributed by atoms with Gasteiger partial charge >= 0.3 is 5.69 Å². The van der Waals surface area contributed by atoms with Gasteiger partial charge in [-0.2, -0.15) is 5.26 Å². The summed E-state index contributed by atoms with van der Waals surface area (Å²) in [7, 11) is 0. The maximum Gasteiger partial charge on any atom is 0.348 e. The number of halogens is 3. The lowest BCUT2D eigenvalue weighted by molar-refractivity contribution is -0.384. The molecule has 1 unspecified atom stereocenters. The molecule has 0 fully saturated rings. The average molecular weight is 449 g/mol. The molecule has 0 aliphatic carbocycles. The van der Waals surface area contributed by atoms with E-state index in [9.17, 15) is 15.4 Å². The Bertz CT molecular complexity index is 1130. The normalized spacial score (nSPS) is 11.6. The van der Waals surface area contributed by atoms with Crippen molar-refractivity contribution in [1.82, 2.24) is 9.97 Å². The van der Waals surface area contributed by atoms with Crippen molar-refractivity contribution < 1.29 is 4.92 Å². The van der Waals surface area contributed by atoms with E-state index in [0.717, 1.165) is 11.9 Å². The monoisotopic (exact) mass is 447 g/mol. The number of nitrogens with one attached hydrogen (secondary N) is 1. The molecule has 1 N–H and O–H groups in total. The number of aryl methyl sites for hydroxylation is 1. The van der Waals surface area contributed by atoms with Gasteiger partial charge in [-0.05, 0) is 41.8 Å². The Morgan fingerprint density at radius 3 is 2.48 bits per heavy atom. The Balaban J connectivity index is 2.01. The second-order valence-corrected chi connectivity index (χ2v) is 7.25. The van der Waals surface area contributed by atoms with Crippen LogP contribution in [0.5, 0.6) is 0 Å². The highest BCUT2D eigenvalue weighted by molar-refractivity contribution is 6.32. The Morgan fingerprint density at radius 1 is 1.17 bits per heavy atom. The van der Waals surface area contributed by atoms with Crippen molar-refractivity contribution in [3.8, 4) is 6.07 Å². The van der Waals surface area contributed by atoms with E-state index in [-0.39, 0.29) is 11.0 Å². The zero-order chi connectivity index (χ0) is 21.1. The fourth-order valence-electron chi connectivity index (χ4n) is 2.78. The maximum absolute atomic E-state index is 11.3. The largest absolute Gasteiger partial charge is 0.348 e. The molecule has 10 heteroatoms. The number of hydrogen-bond acceptors (Lipinski definition) is 6. The zero-order valence-electron chi connectivity index (χ0n) is 14.9. The van der Waals surface area contributed by atoms with Gasteiger partial charge in [0, 0.05) is 15.7 Å². The quantitative estimate of drug-likeness (QED) is 0.289. The molecule has 3 aromatic rings. The summed E-state index contributed by atoms with van der Waals surface area (Å²) in [6, 6.07) is 12.5. The SMILES string of the molecule is Cc1cc(C(C#N)c2ccc(Cl)cc2)c(Cl)cc1Nc1ncnc(Cl)c1[N+](=O)[O-]. The summed E-state index contributed by atoms with van der Waals surface area (Å²) in [5.74, 6) is -0.660. The molecule has 1 aromatic heterocycles. The fourth-order valence-corrected chi connectivity index (χ4v) is 3.38. The summed E-state index contributed by atoms with van der Waals surface area (Å²) in [5.41, 5.74) is 2.11. The molecule has 0 radical (unpaired) electrons. The molecule has 0 bridgehead atoms. The number of rotatable bonds is 5. The van der Waals surface area contributed by atoms with Crippen LogP contribution in [0.3, 0.4) is 0 Å². The smallest absolute Gasteiger partial charge is 0.334 e. The Morgan fingerprint density at radius 2 is 1.86 bits per heavy atom. The summed E-state index contributed by atoms with van der Waals surface area (Å²) in [6.07, 6.45) is 1.12. The minimum Gasteiger partial charge on any atom is -0.334 e. The topological polar surface area (TPSA) is 105 Å². The van der Waals surface area contributed by atoms with Gasteiger partial charge in [-0.1, -0.05) is 53.0 Å². The number of benzene rings is 2. The highest BCUT2D eigenvalue weighted by Gasteiger charge is 2.23. The van der Waals surface area contributed by atoms with Crippen LogP contribution in [-0.4, -0.2) is 14.9 Å². The number of nitrogens with zero attached hydrogens (tertiary/aromatic N) is 4. The second kappa shape index (κ2) is 8.62. The highest BCUT2D eigenvalue weighted by Crippen LogP contribution is 2.37. The van der Waals surface area contributed by atoms with Gasteiger partial charge in [0.15, 0.2) is 0 Å². The van der Waals surface area contributed by atoms with Gasteiger partial charge in [0.25, 0.3) is 0 Å². The van der Waals surface area contributed by atoms with E-state index in [1.807, 2.05) is 0 Å². The van der Waals surface area contributed by atoms with E-state index in [1.165, 1.54) is 0 Å². The lowest BCUT2D eigenvalue weighted by atomic mass is 9.91. The highest BCUT2D eigenvalue weighted by atomic mass is 35.5. The summed E-state index contributed by atoms with van der Waals surface area (Å²) in [4.78, 5) is 18.1. The van der Waals surface area contributed by atoms with E-state index in [2.05, 4.69) is 21.4 Å². The molecule has 146 valence electrons. The van der Waals surface area contributed by atoms with Gasteiger partial charge in [-0.3, -0.25) is 10.1 Å². The lowest BCUT2D eigenvalue weighted by Gasteiger charge is -2.16. The first kappa shape index (κ1) is 20.8. The number of anilines is 2. The van der Waals surface area contributed by atoms with Gasteiger partial charge < -0.3 is 5.32 Å². The van der Waals surface area contributed by atoms with Crippen LogP contribution in [0.15, 0.2) is 42.7 Å². The first-order valence-corrected chi connectivity index (χ1v) is 9.32. The Labute approximate surface area is 181 Å². The van der Waals surface area contributed by atoms with Crippen molar-refractivity contribution in [3.63, 3.8) is 0 Å². The molecule has 0 amide bonds. The number of hydrogen-bond donors (Lipinski definition) is 1. The van der Waals surface area contributed by atoms with Crippen LogP contribution in [0, 0.1) is 28.4 Å². The maximum atomic E-state index is 11.3. The van der Waals surface area contributed by atoms with Crippen LogP contribution in [0.4, 0.5) is 17.2 Å². The molecular formula is C19H12Cl3N5O2. The lowest BCUT2D eigenvalue weighted by Crippen LogP contribution is -2.05. The Hall–Kier alpha value is -2.92. The van der Waals surface area contributed by atoms with E-state index >= 15 is 0 Å². The molecular weight excluding hydrogens is 437 g/mol. The molecule has 1 atom stereocenters. The molecule has 3 rings (SSSR count).